The van der Waals surface area contributed by atoms with E-state index >= 15 is 0 Å². The number of carbonyl (C=O) groups is 2. The van der Waals surface area contributed by atoms with E-state index in [1.165, 1.54) is 11.3 Å². The van der Waals surface area contributed by atoms with Crippen LogP contribution in [0.3, 0.4) is 0 Å². The first-order valence-electron chi connectivity index (χ1n) is 8.75. The summed E-state index contributed by atoms with van der Waals surface area (Å²) in [6.07, 6.45) is 0.238. The number of nitrogens with one attached hydrogen (secondary N) is 3. The van der Waals surface area contributed by atoms with Crippen LogP contribution in [0.25, 0.3) is 10.2 Å². The number of anilines is 2. The van der Waals surface area contributed by atoms with Crippen LogP contribution in [0, 0.1) is 11.3 Å². The van der Waals surface area contributed by atoms with Gasteiger partial charge >= 0.3 is 0 Å². The summed E-state index contributed by atoms with van der Waals surface area (Å²) in [5.41, 5.74) is 1.91. The molecule has 0 fully saturated rings. The lowest BCUT2D eigenvalue weighted by atomic mass is 10.1. The normalized spacial score (nSPS) is 10.4. The zero-order chi connectivity index (χ0) is 20.2. The van der Waals surface area contributed by atoms with E-state index in [2.05, 4.69) is 20.8 Å². The fourth-order valence-electron chi connectivity index (χ4n) is 2.84. The number of rotatable bonds is 5. The molecule has 2 heterocycles. The van der Waals surface area contributed by atoms with Gasteiger partial charge in [-0.3, -0.25) is 14.7 Å². The van der Waals surface area contributed by atoms with Gasteiger partial charge in [-0.15, -0.1) is 11.3 Å². The fourth-order valence-corrected chi connectivity index (χ4v) is 3.74. The maximum absolute atomic E-state index is 12.6. The number of aromatic nitrogens is 2. The third-order valence-electron chi connectivity index (χ3n) is 4.20. The van der Waals surface area contributed by atoms with Gasteiger partial charge in [0, 0.05) is 5.69 Å². The molecule has 0 aliphatic heterocycles. The number of nitrogens with zero attached hydrogens (tertiary/aromatic N) is 2. The predicted molar refractivity (Wildman–Crippen MR) is 112 cm³/mol. The summed E-state index contributed by atoms with van der Waals surface area (Å²) in [5.74, 6) is -0.0888. The summed E-state index contributed by atoms with van der Waals surface area (Å²) >= 11 is 1.24. The highest BCUT2D eigenvalue weighted by atomic mass is 32.1. The molecular formula is C21H15N5O2S. The van der Waals surface area contributed by atoms with Gasteiger partial charge in [0.25, 0.3) is 5.91 Å². The summed E-state index contributed by atoms with van der Waals surface area (Å²) in [6.45, 7) is 0. The van der Waals surface area contributed by atoms with Gasteiger partial charge in [-0.2, -0.15) is 10.4 Å². The number of hydrogen-bond donors (Lipinski definition) is 3. The second-order valence-electron chi connectivity index (χ2n) is 6.28. The Morgan fingerprint density at radius 1 is 1.07 bits per heavy atom. The average Bonchev–Trinajstić information content (AvgIpc) is 3.31. The lowest BCUT2D eigenvalue weighted by Crippen LogP contribution is -2.14. The molecule has 0 saturated carbocycles. The van der Waals surface area contributed by atoms with Crippen LogP contribution in [0.5, 0.6) is 0 Å². The number of carbonyl (C=O) groups excluding carboxylic acids is 2. The molecule has 0 saturated heterocycles. The molecule has 0 spiro atoms. The second kappa shape index (κ2) is 7.96. The minimum atomic E-state index is -0.295. The van der Waals surface area contributed by atoms with Crippen LogP contribution in [0.2, 0.25) is 0 Å². The van der Waals surface area contributed by atoms with E-state index in [1.807, 2.05) is 36.4 Å². The highest BCUT2D eigenvalue weighted by Crippen LogP contribution is 2.30. The SMILES string of the molecule is N#Cc1cccc(NC(=O)c2cc3c(NC(=O)Cc4ccccc4)n[nH]c3s2)c1. The van der Waals surface area contributed by atoms with Gasteiger partial charge in [-0.05, 0) is 29.8 Å². The number of nitriles is 1. The average molecular weight is 401 g/mol. The third-order valence-corrected chi connectivity index (χ3v) is 5.23. The Bertz CT molecular complexity index is 1240. The minimum absolute atomic E-state index is 0.185. The van der Waals surface area contributed by atoms with Crippen molar-refractivity contribution in [2.75, 3.05) is 10.6 Å². The first-order chi connectivity index (χ1) is 14.1. The molecule has 0 atom stereocenters. The zero-order valence-electron chi connectivity index (χ0n) is 15.1. The van der Waals surface area contributed by atoms with E-state index in [0.717, 1.165) is 5.56 Å². The molecule has 0 bridgehead atoms. The number of hydrogen-bond acceptors (Lipinski definition) is 5. The maximum Gasteiger partial charge on any atom is 0.265 e. The number of H-pyrrole nitrogens is 1. The Kier molecular flexibility index (Phi) is 5.05. The molecule has 2 amide bonds. The third kappa shape index (κ3) is 4.15. The standard InChI is InChI=1S/C21H15N5O2S/c22-12-14-7-4-8-15(9-14)23-20(28)17-11-16-19(25-26-21(16)29-17)24-18(27)10-13-5-2-1-3-6-13/h1-9,11H,10H2,(H,23,28)(H2,24,25,26,27). The van der Waals surface area contributed by atoms with Gasteiger partial charge in [0.1, 0.15) is 4.83 Å². The Labute approximate surface area is 170 Å². The van der Waals surface area contributed by atoms with Gasteiger partial charge in [-0.25, -0.2) is 0 Å². The van der Waals surface area contributed by atoms with Crippen LogP contribution >= 0.6 is 11.3 Å². The van der Waals surface area contributed by atoms with Gasteiger partial charge < -0.3 is 10.6 Å². The summed E-state index contributed by atoms with van der Waals surface area (Å²) < 4.78 is 0. The molecule has 29 heavy (non-hydrogen) atoms. The summed E-state index contributed by atoms with van der Waals surface area (Å²) in [4.78, 5) is 26.0. The van der Waals surface area contributed by atoms with E-state index in [-0.39, 0.29) is 18.2 Å². The smallest absolute Gasteiger partial charge is 0.265 e. The molecule has 7 nitrogen and oxygen atoms in total. The van der Waals surface area contributed by atoms with Crippen LogP contribution < -0.4 is 10.6 Å². The molecule has 142 valence electrons. The van der Waals surface area contributed by atoms with E-state index < -0.39 is 0 Å². The van der Waals surface area contributed by atoms with Gasteiger partial charge in [0.2, 0.25) is 5.91 Å². The number of amides is 2. The van der Waals surface area contributed by atoms with Crippen molar-refractivity contribution in [3.63, 3.8) is 0 Å². The fraction of sp³-hybridized carbons (Fsp3) is 0.0476. The Hall–Kier alpha value is -3.96. The van der Waals surface area contributed by atoms with E-state index in [0.29, 0.717) is 32.2 Å². The quantitative estimate of drug-likeness (QED) is 0.470. The summed E-state index contributed by atoms with van der Waals surface area (Å²) in [6, 6.07) is 19.8. The number of thiophene rings is 1. The minimum Gasteiger partial charge on any atom is -0.321 e. The van der Waals surface area contributed by atoms with Crippen LogP contribution in [-0.2, 0) is 11.2 Å². The Morgan fingerprint density at radius 3 is 2.69 bits per heavy atom. The largest absolute Gasteiger partial charge is 0.321 e. The number of fused-ring (bicyclic) bond motifs is 1. The highest BCUT2D eigenvalue weighted by Gasteiger charge is 2.17. The Balaban J connectivity index is 1.48. The molecule has 4 rings (SSSR count). The van der Waals surface area contributed by atoms with Crippen molar-refractivity contribution < 1.29 is 9.59 Å². The monoisotopic (exact) mass is 401 g/mol. The van der Waals surface area contributed by atoms with Crippen molar-refractivity contribution in [1.82, 2.24) is 10.2 Å². The molecule has 4 aromatic rings. The molecule has 2 aromatic heterocycles. The van der Waals surface area contributed by atoms with E-state index in [1.54, 1.807) is 30.3 Å². The first kappa shape index (κ1) is 18.4. The van der Waals surface area contributed by atoms with Gasteiger partial charge in [-0.1, -0.05) is 36.4 Å². The van der Waals surface area contributed by atoms with E-state index in [4.69, 9.17) is 5.26 Å². The van der Waals surface area contributed by atoms with Crippen molar-refractivity contribution in [3.8, 4) is 6.07 Å². The maximum atomic E-state index is 12.6. The van der Waals surface area contributed by atoms with Gasteiger partial charge in [0.15, 0.2) is 5.82 Å². The lowest BCUT2D eigenvalue weighted by Gasteiger charge is -2.03. The molecule has 0 radical (unpaired) electrons. The van der Waals surface area contributed by atoms with Crippen LogP contribution in [0.15, 0.2) is 60.7 Å². The molecule has 2 aromatic carbocycles. The second-order valence-corrected chi connectivity index (χ2v) is 7.34. The van der Waals surface area contributed by atoms with Crippen LogP contribution in [0.4, 0.5) is 11.5 Å². The first-order valence-corrected chi connectivity index (χ1v) is 9.57. The summed E-state index contributed by atoms with van der Waals surface area (Å²) in [5, 5.41) is 22.2. The van der Waals surface area contributed by atoms with E-state index in [9.17, 15) is 9.59 Å². The highest BCUT2D eigenvalue weighted by molar-refractivity contribution is 7.20. The molecule has 8 heteroatoms. The van der Waals surface area contributed by atoms with Crippen LogP contribution in [0.1, 0.15) is 20.8 Å². The van der Waals surface area contributed by atoms with Gasteiger partial charge in [0.05, 0.1) is 28.3 Å². The van der Waals surface area contributed by atoms with Crippen molar-refractivity contribution in [1.29, 1.82) is 5.26 Å². The molecule has 0 unspecified atom stereocenters. The Morgan fingerprint density at radius 2 is 1.90 bits per heavy atom. The molecule has 0 aliphatic carbocycles. The van der Waals surface area contributed by atoms with Crippen molar-refractivity contribution in [3.05, 3.63) is 76.7 Å². The topological polar surface area (TPSA) is 111 Å². The number of aromatic amines is 1. The molecular weight excluding hydrogens is 386 g/mol. The van der Waals surface area contributed by atoms with Crippen LogP contribution in [-0.4, -0.2) is 22.0 Å². The van der Waals surface area contributed by atoms with Crippen molar-refractivity contribution in [2.24, 2.45) is 0 Å². The van der Waals surface area contributed by atoms with Crippen molar-refractivity contribution >= 4 is 44.9 Å². The summed E-state index contributed by atoms with van der Waals surface area (Å²) in [7, 11) is 0. The lowest BCUT2D eigenvalue weighted by molar-refractivity contribution is -0.115. The molecule has 3 N–H and O–H groups in total. The molecule has 0 aliphatic rings. The predicted octanol–water partition coefficient (Wildman–Crippen LogP) is 3.93. The van der Waals surface area contributed by atoms with Crippen molar-refractivity contribution in [2.45, 2.75) is 6.42 Å². The number of benzene rings is 2. The zero-order valence-corrected chi connectivity index (χ0v) is 15.9.